The maximum Gasteiger partial charge on any atom is 0.376 e. The topological polar surface area (TPSA) is 108 Å². The first-order chi connectivity index (χ1) is 11.9. The molecule has 1 aliphatic rings. The third-order valence-corrected chi connectivity index (χ3v) is 3.47. The number of likely N-dealkylation sites (N-methyl/N-ethyl adjacent to an activating group) is 1. The van der Waals surface area contributed by atoms with Crippen LogP contribution in [0.15, 0.2) is 35.6 Å². The van der Waals surface area contributed by atoms with Crippen molar-refractivity contribution in [3.8, 4) is 0 Å². The molecule has 0 amide bonds. The molecule has 1 unspecified atom stereocenters. The van der Waals surface area contributed by atoms with Crippen molar-refractivity contribution >= 4 is 17.6 Å². The molecule has 0 bridgehead atoms. The number of hydroxylamine groups is 2. The summed E-state index contributed by atoms with van der Waals surface area (Å²) in [7, 11) is 1.51. The van der Waals surface area contributed by atoms with Gasteiger partial charge in [-0.3, -0.25) is 10.1 Å². The van der Waals surface area contributed by atoms with Gasteiger partial charge in [-0.15, -0.1) is 5.06 Å². The van der Waals surface area contributed by atoms with Crippen molar-refractivity contribution in [2.24, 2.45) is 0 Å². The highest BCUT2D eigenvalue weighted by atomic mass is 16.7. The first-order valence-electron chi connectivity index (χ1n) is 7.64. The van der Waals surface area contributed by atoms with Gasteiger partial charge in [-0.25, -0.2) is 9.59 Å². The van der Waals surface area contributed by atoms with Crippen molar-refractivity contribution in [2.75, 3.05) is 20.3 Å². The lowest BCUT2D eigenvalue weighted by atomic mass is 9.97. The number of non-ortho nitro benzene ring substituents is 1. The molecule has 0 saturated carbocycles. The number of carbonyl (C=O) groups is 2. The summed E-state index contributed by atoms with van der Waals surface area (Å²) in [5.74, 6) is -1.82. The van der Waals surface area contributed by atoms with Crippen LogP contribution in [0.1, 0.15) is 25.5 Å². The Morgan fingerprint density at radius 2 is 1.88 bits per heavy atom. The molecule has 25 heavy (non-hydrogen) atoms. The first-order valence-corrected chi connectivity index (χ1v) is 7.64. The number of nitro benzene ring substituents is 1. The second kappa shape index (κ2) is 7.75. The van der Waals surface area contributed by atoms with Gasteiger partial charge in [-0.1, -0.05) is 12.1 Å². The van der Waals surface area contributed by atoms with Crippen LogP contribution in [0.2, 0.25) is 0 Å². The van der Waals surface area contributed by atoms with Crippen molar-refractivity contribution in [3.05, 3.63) is 51.3 Å². The average molecular weight is 350 g/mol. The third-order valence-electron chi connectivity index (χ3n) is 3.47. The summed E-state index contributed by atoms with van der Waals surface area (Å²) < 4.78 is 9.93. The molecule has 0 N–H and O–H groups in total. The van der Waals surface area contributed by atoms with Crippen LogP contribution in [0.25, 0.3) is 0 Å². The van der Waals surface area contributed by atoms with E-state index in [4.69, 9.17) is 14.3 Å². The van der Waals surface area contributed by atoms with E-state index in [1.165, 1.54) is 30.3 Å². The lowest BCUT2D eigenvalue weighted by Crippen LogP contribution is -2.23. The average Bonchev–Trinajstić information content (AvgIpc) is 2.93. The Bertz CT molecular complexity index is 729. The summed E-state index contributed by atoms with van der Waals surface area (Å²) in [6, 6.07) is 4.91. The Morgan fingerprint density at radius 3 is 2.48 bits per heavy atom. The predicted molar refractivity (Wildman–Crippen MR) is 85.0 cm³/mol. The van der Waals surface area contributed by atoms with Gasteiger partial charge >= 0.3 is 11.9 Å². The number of esters is 2. The van der Waals surface area contributed by atoms with Crippen LogP contribution in [0.3, 0.4) is 0 Å². The summed E-state index contributed by atoms with van der Waals surface area (Å²) in [5, 5.41) is 12.3. The van der Waals surface area contributed by atoms with Gasteiger partial charge in [0.1, 0.15) is 11.6 Å². The number of hydrogen-bond donors (Lipinski definition) is 0. The van der Waals surface area contributed by atoms with E-state index in [1.54, 1.807) is 19.9 Å². The maximum atomic E-state index is 12.4. The molecular formula is C16H18N2O7. The molecule has 2 rings (SSSR count). The van der Waals surface area contributed by atoms with E-state index >= 15 is 0 Å². The molecule has 134 valence electrons. The van der Waals surface area contributed by atoms with Crippen LogP contribution in [-0.2, 0) is 23.9 Å². The van der Waals surface area contributed by atoms with Crippen LogP contribution in [-0.4, -0.2) is 42.2 Å². The largest absolute Gasteiger partial charge is 0.462 e. The summed E-state index contributed by atoms with van der Waals surface area (Å²) in [4.78, 5) is 40.4. The van der Waals surface area contributed by atoms with Crippen molar-refractivity contribution in [1.82, 2.24) is 5.06 Å². The molecule has 0 spiro atoms. The Morgan fingerprint density at radius 1 is 1.24 bits per heavy atom. The zero-order valence-electron chi connectivity index (χ0n) is 14.1. The van der Waals surface area contributed by atoms with E-state index < -0.39 is 22.9 Å². The van der Waals surface area contributed by atoms with E-state index in [1.807, 2.05) is 0 Å². The lowest BCUT2D eigenvalue weighted by Gasteiger charge is -2.19. The number of ether oxygens (including phenoxy) is 2. The van der Waals surface area contributed by atoms with Gasteiger partial charge in [0, 0.05) is 19.2 Å². The molecular weight excluding hydrogens is 332 g/mol. The molecule has 1 atom stereocenters. The first kappa shape index (κ1) is 18.4. The number of nitro groups is 1. The van der Waals surface area contributed by atoms with Crippen molar-refractivity contribution in [1.29, 1.82) is 0 Å². The van der Waals surface area contributed by atoms with Crippen molar-refractivity contribution < 1.29 is 28.8 Å². The summed E-state index contributed by atoms with van der Waals surface area (Å²) >= 11 is 0. The normalized spacial score (nSPS) is 17.2. The van der Waals surface area contributed by atoms with Gasteiger partial charge < -0.3 is 14.3 Å². The number of nitrogens with zero attached hydrogens (tertiary/aromatic N) is 2. The maximum absolute atomic E-state index is 12.4. The number of hydrogen-bond acceptors (Lipinski definition) is 8. The minimum Gasteiger partial charge on any atom is -0.462 e. The van der Waals surface area contributed by atoms with Gasteiger partial charge in [0.15, 0.2) is 0 Å². The number of benzene rings is 1. The smallest absolute Gasteiger partial charge is 0.376 e. The fraction of sp³-hybridized carbons (Fsp3) is 0.375. The Balaban J connectivity index is 2.53. The minimum absolute atomic E-state index is 0.0525. The molecule has 0 radical (unpaired) electrons. The summed E-state index contributed by atoms with van der Waals surface area (Å²) in [6.45, 7) is 3.46. The molecule has 1 heterocycles. The minimum atomic E-state index is -0.835. The Labute approximate surface area is 143 Å². The quantitative estimate of drug-likeness (QED) is 0.435. The molecule has 1 aromatic rings. The van der Waals surface area contributed by atoms with Crippen LogP contribution in [0.4, 0.5) is 5.69 Å². The van der Waals surface area contributed by atoms with Crippen LogP contribution >= 0.6 is 0 Å². The predicted octanol–water partition coefficient (Wildman–Crippen LogP) is 1.89. The van der Waals surface area contributed by atoms with Gasteiger partial charge in [0.25, 0.3) is 5.69 Å². The molecule has 1 aliphatic heterocycles. The Hall–Kier alpha value is -2.94. The van der Waals surface area contributed by atoms with E-state index in [2.05, 4.69) is 0 Å². The lowest BCUT2D eigenvalue weighted by molar-refractivity contribution is -0.385. The molecule has 0 aromatic heterocycles. The highest BCUT2D eigenvalue weighted by Gasteiger charge is 2.43. The molecule has 1 aromatic carbocycles. The van der Waals surface area contributed by atoms with Gasteiger partial charge in [-0.2, -0.15) is 0 Å². The number of rotatable bonds is 6. The van der Waals surface area contributed by atoms with Crippen LogP contribution in [0.5, 0.6) is 0 Å². The van der Waals surface area contributed by atoms with E-state index in [-0.39, 0.29) is 30.2 Å². The zero-order chi connectivity index (χ0) is 18.6. The fourth-order valence-electron chi connectivity index (χ4n) is 2.49. The highest BCUT2D eigenvalue weighted by Crippen LogP contribution is 2.39. The molecule has 0 fully saturated rings. The second-order valence-electron chi connectivity index (χ2n) is 5.08. The highest BCUT2D eigenvalue weighted by molar-refractivity contribution is 6.00. The third kappa shape index (κ3) is 3.77. The molecule has 0 saturated heterocycles. The van der Waals surface area contributed by atoms with Crippen molar-refractivity contribution in [3.63, 3.8) is 0 Å². The van der Waals surface area contributed by atoms with E-state index in [0.717, 1.165) is 0 Å². The standard InChI is InChI=1S/C16H18N2O7/c1-4-23-15(19)12-13(10-7-6-8-11(9-10)18(21)22)17(3)25-14(12)16(20)24-5-2/h6-9,13H,4-5H2,1-3H3. The molecule has 0 aliphatic carbocycles. The fourth-order valence-corrected chi connectivity index (χ4v) is 2.49. The van der Waals surface area contributed by atoms with Crippen molar-refractivity contribution in [2.45, 2.75) is 19.9 Å². The van der Waals surface area contributed by atoms with E-state index in [9.17, 15) is 19.7 Å². The molecule has 9 heteroatoms. The zero-order valence-corrected chi connectivity index (χ0v) is 14.1. The molecule has 9 nitrogen and oxygen atoms in total. The van der Waals surface area contributed by atoms with Gasteiger partial charge in [0.05, 0.1) is 18.1 Å². The van der Waals surface area contributed by atoms with Gasteiger partial charge in [0.2, 0.25) is 5.76 Å². The summed E-state index contributed by atoms with van der Waals surface area (Å²) in [5.41, 5.74) is 0.223. The second-order valence-corrected chi connectivity index (χ2v) is 5.08. The monoisotopic (exact) mass is 350 g/mol. The Kier molecular flexibility index (Phi) is 5.71. The van der Waals surface area contributed by atoms with Crippen LogP contribution < -0.4 is 0 Å². The van der Waals surface area contributed by atoms with Gasteiger partial charge in [-0.05, 0) is 19.4 Å². The number of carbonyl (C=O) groups excluding carboxylic acids is 2. The summed E-state index contributed by atoms with van der Waals surface area (Å²) in [6.07, 6.45) is 0. The van der Waals surface area contributed by atoms with E-state index in [0.29, 0.717) is 5.56 Å². The SMILES string of the molecule is CCOC(=O)C1=C(C(=O)OCC)C(c2cccc([N+](=O)[O-])c2)N(C)O1. The van der Waals surface area contributed by atoms with Crippen LogP contribution in [0, 0.1) is 10.1 Å².